The molecule has 0 saturated carbocycles. The zero-order valence-electron chi connectivity index (χ0n) is 11.4. The number of anilines is 1. The number of benzene rings is 2. The molecule has 1 aliphatic rings. The number of hydrogen-bond acceptors (Lipinski definition) is 3. The Morgan fingerprint density at radius 3 is 2.27 bits per heavy atom. The lowest BCUT2D eigenvalue weighted by atomic mass is 10.1. The number of carbonyl (C=O) groups is 2. The fraction of sp³-hybridized carbons (Fsp3) is 0.125. The highest BCUT2D eigenvalue weighted by atomic mass is 79.9. The lowest BCUT2D eigenvalue weighted by Crippen LogP contribution is -2.49. The van der Waals surface area contributed by atoms with E-state index in [4.69, 9.17) is 0 Å². The molecule has 1 saturated heterocycles. The minimum absolute atomic E-state index is 0.151. The van der Waals surface area contributed by atoms with E-state index in [2.05, 4.69) is 15.9 Å². The van der Waals surface area contributed by atoms with Crippen LogP contribution < -0.4 is 4.90 Å². The minimum atomic E-state index is -1.54. The summed E-state index contributed by atoms with van der Waals surface area (Å²) in [4.78, 5) is 26.0. The number of carbonyl (C=O) groups excluding carboxylic acids is 2. The van der Waals surface area contributed by atoms with Crippen LogP contribution in [0.4, 0.5) is 5.69 Å². The average molecular weight is 378 g/mol. The molecule has 0 radical (unpaired) electrons. The maximum Gasteiger partial charge on any atom is 0.254 e. The summed E-state index contributed by atoms with van der Waals surface area (Å²) < 4.78 is 13.1. The first-order chi connectivity index (χ1) is 10.6. The monoisotopic (exact) mass is 377 g/mol. The number of amides is 2. The number of nitrogens with zero attached hydrogens (tertiary/aromatic N) is 1. The van der Waals surface area contributed by atoms with E-state index in [0.717, 1.165) is 9.37 Å². The molecular formula is C16H12BrNO3S. The molecule has 0 spiro atoms. The Kier molecular flexibility index (Phi) is 4.22. The second kappa shape index (κ2) is 6.14. The third kappa shape index (κ3) is 2.76. The summed E-state index contributed by atoms with van der Waals surface area (Å²) in [6.45, 7) is 0. The van der Waals surface area contributed by atoms with Crippen molar-refractivity contribution < 1.29 is 13.8 Å². The van der Waals surface area contributed by atoms with Gasteiger partial charge in [-0.05, 0) is 29.8 Å². The van der Waals surface area contributed by atoms with E-state index in [1.54, 1.807) is 48.5 Å². The number of hydrogen-bond donors (Lipinski definition) is 0. The molecule has 1 aliphatic heterocycles. The van der Waals surface area contributed by atoms with Crippen molar-refractivity contribution in [2.24, 2.45) is 0 Å². The molecule has 0 aliphatic carbocycles. The van der Waals surface area contributed by atoms with Crippen LogP contribution in [0.25, 0.3) is 0 Å². The second-order valence-corrected chi connectivity index (χ2v) is 7.30. The van der Waals surface area contributed by atoms with Gasteiger partial charge in [0.15, 0.2) is 0 Å². The van der Waals surface area contributed by atoms with Crippen LogP contribution in [0.5, 0.6) is 0 Å². The summed E-state index contributed by atoms with van der Waals surface area (Å²) in [5.74, 6) is -1.03. The van der Waals surface area contributed by atoms with E-state index in [0.29, 0.717) is 11.3 Å². The summed E-state index contributed by atoms with van der Waals surface area (Å²) in [7, 11) is -1.54. The van der Waals surface area contributed by atoms with Crippen LogP contribution in [0, 0.1) is 0 Å². The Morgan fingerprint density at radius 1 is 1.00 bits per heavy atom. The van der Waals surface area contributed by atoms with Crippen molar-refractivity contribution in [1.82, 2.24) is 0 Å². The highest BCUT2D eigenvalue weighted by Crippen LogP contribution is 2.30. The van der Waals surface area contributed by atoms with Gasteiger partial charge >= 0.3 is 0 Å². The number of rotatable bonds is 2. The van der Waals surface area contributed by atoms with E-state index in [9.17, 15) is 13.8 Å². The van der Waals surface area contributed by atoms with Gasteiger partial charge in [-0.2, -0.15) is 0 Å². The summed E-state index contributed by atoms with van der Waals surface area (Å²) in [6.07, 6.45) is 0. The molecule has 22 heavy (non-hydrogen) atoms. The summed E-state index contributed by atoms with van der Waals surface area (Å²) in [5.41, 5.74) is 1.16. The lowest BCUT2D eigenvalue weighted by Gasteiger charge is -2.30. The molecular weight excluding hydrogens is 366 g/mol. The molecule has 4 nitrogen and oxygen atoms in total. The van der Waals surface area contributed by atoms with Crippen LogP contribution in [0.1, 0.15) is 10.8 Å². The molecule has 2 aromatic carbocycles. The maximum absolute atomic E-state index is 12.7. The zero-order chi connectivity index (χ0) is 15.7. The predicted molar refractivity (Wildman–Crippen MR) is 88.8 cm³/mol. The quantitative estimate of drug-likeness (QED) is 0.756. The zero-order valence-corrected chi connectivity index (χ0v) is 13.8. The van der Waals surface area contributed by atoms with Gasteiger partial charge in [-0.3, -0.25) is 13.8 Å². The molecule has 1 heterocycles. The van der Waals surface area contributed by atoms with Gasteiger partial charge in [0.05, 0.1) is 5.69 Å². The Morgan fingerprint density at radius 2 is 1.64 bits per heavy atom. The van der Waals surface area contributed by atoms with Gasteiger partial charge in [0.25, 0.3) is 5.91 Å². The molecule has 1 fully saturated rings. The van der Waals surface area contributed by atoms with Crippen molar-refractivity contribution in [2.75, 3.05) is 10.7 Å². The van der Waals surface area contributed by atoms with Crippen LogP contribution >= 0.6 is 15.9 Å². The van der Waals surface area contributed by atoms with E-state index in [1.807, 2.05) is 6.07 Å². The Bertz CT molecular complexity index is 746. The minimum Gasteiger partial charge on any atom is -0.273 e. The molecule has 112 valence electrons. The second-order valence-electron chi connectivity index (χ2n) is 4.86. The number of imide groups is 1. The van der Waals surface area contributed by atoms with Crippen molar-refractivity contribution >= 4 is 44.2 Å². The Hall–Kier alpha value is -1.79. The number of halogens is 1. The van der Waals surface area contributed by atoms with E-state index >= 15 is 0 Å². The van der Waals surface area contributed by atoms with E-state index in [-0.39, 0.29) is 5.75 Å². The normalized spacial score (nSPS) is 22.0. The van der Waals surface area contributed by atoms with Crippen LogP contribution in [0.15, 0.2) is 59.1 Å². The highest BCUT2D eigenvalue weighted by Gasteiger charge is 2.41. The Labute approximate surface area is 138 Å². The predicted octanol–water partition coefficient (Wildman–Crippen LogP) is 2.81. The lowest BCUT2D eigenvalue weighted by molar-refractivity contribution is -0.125. The van der Waals surface area contributed by atoms with Crippen molar-refractivity contribution in [2.45, 2.75) is 5.25 Å². The van der Waals surface area contributed by atoms with Gasteiger partial charge in [-0.1, -0.05) is 46.3 Å². The first kappa shape index (κ1) is 15.1. The SMILES string of the molecule is O=C1CS(=O)C(c2ccccc2)C(=O)N1c1ccc(Br)cc1. The van der Waals surface area contributed by atoms with E-state index < -0.39 is 27.9 Å². The fourth-order valence-electron chi connectivity index (χ4n) is 2.41. The van der Waals surface area contributed by atoms with Gasteiger partial charge in [0.1, 0.15) is 11.0 Å². The summed E-state index contributed by atoms with van der Waals surface area (Å²) in [6, 6.07) is 15.8. The van der Waals surface area contributed by atoms with Crippen LogP contribution in [-0.2, 0) is 20.4 Å². The molecule has 6 heteroatoms. The standard InChI is InChI=1S/C16H12BrNO3S/c17-12-6-8-13(9-7-12)18-14(19)10-22(21)15(16(18)20)11-4-2-1-3-5-11/h1-9,15H,10H2. The largest absolute Gasteiger partial charge is 0.273 e. The molecule has 2 aromatic rings. The van der Waals surface area contributed by atoms with Gasteiger partial charge in [-0.15, -0.1) is 0 Å². The fourth-order valence-corrected chi connectivity index (χ4v) is 4.00. The third-order valence-electron chi connectivity index (χ3n) is 3.41. The molecule has 0 bridgehead atoms. The maximum atomic E-state index is 12.7. The average Bonchev–Trinajstić information content (AvgIpc) is 2.50. The molecule has 2 amide bonds. The smallest absolute Gasteiger partial charge is 0.254 e. The van der Waals surface area contributed by atoms with Crippen molar-refractivity contribution in [1.29, 1.82) is 0 Å². The van der Waals surface area contributed by atoms with Crippen LogP contribution in [0.3, 0.4) is 0 Å². The van der Waals surface area contributed by atoms with Gasteiger partial charge in [0.2, 0.25) is 5.91 Å². The molecule has 0 N–H and O–H groups in total. The van der Waals surface area contributed by atoms with Crippen LogP contribution in [-0.4, -0.2) is 21.8 Å². The molecule has 2 atom stereocenters. The van der Waals surface area contributed by atoms with Gasteiger partial charge in [0, 0.05) is 15.3 Å². The van der Waals surface area contributed by atoms with Crippen molar-refractivity contribution in [3.8, 4) is 0 Å². The highest BCUT2D eigenvalue weighted by molar-refractivity contribution is 9.10. The van der Waals surface area contributed by atoms with Crippen molar-refractivity contribution in [3.63, 3.8) is 0 Å². The molecule has 0 aromatic heterocycles. The first-order valence-corrected chi connectivity index (χ1v) is 8.80. The van der Waals surface area contributed by atoms with Crippen molar-refractivity contribution in [3.05, 3.63) is 64.6 Å². The van der Waals surface area contributed by atoms with Gasteiger partial charge < -0.3 is 0 Å². The third-order valence-corrected chi connectivity index (χ3v) is 5.47. The van der Waals surface area contributed by atoms with E-state index in [1.165, 1.54) is 0 Å². The molecule has 2 unspecified atom stereocenters. The summed E-state index contributed by atoms with van der Waals surface area (Å²) >= 11 is 3.32. The topological polar surface area (TPSA) is 54.5 Å². The summed E-state index contributed by atoms with van der Waals surface area (Å²) in [5, 5.41) is -0.803. The Balaban J connectivity index is 2.01. The van der Waals surface area contributed by atoms with Gasteiger partial charge in [-0.25, -0.2) is 4.90 Å². The van der Waals surface area contributed by atoms with Crippen LogP contribution in [0.2, 0.25) is 0 Å². The first-order valence-electron chi connectivity index (χ1n) is 6.62. The molecule has 3 rings (SSSR count).